The van der Waals surface area contributed by atoms with E-state index in [1.165, 1.54) is 12.1 Å². The second kappa shape index (κ2) is 9.09. The van der Waals surface area contributed by atoms with E-state index < -0.39 is 29.8 Å². The Kier molecular flexibility index (Phi) is 5.68. The SMILES string of the molecule is CC(C)(c1ccc(OC2=CC=C3C(=O)OC(=O)C3C2)cc1)c1ccc(Oc2ccc3c(c2)C(=O)OC3=O)cc1. The van der Waals surface area contributed by atoms with Crippen LogP contribution in [-0.4, -0.2) is 23.9 Å². The van der Waals surface area contributed by atoms with E-state index in [4.69, 9.17) is 14.2 Å². The Morgan fingerprint density at radius 2 is 1.26 bits per heavy atom. The summed E-state index contributed by atoms with van der Waals surface area (Å²) in [5.74, 6) is -0.828. The lowest BCUT2D eigenvalue weighted by Crippen LogP contribution is -2.18. The Bertz CT molecular complexity index is 1610. The van der Waals surface area contributed by atoms with Crippen LogP contribution in [0, 0.1) is 5.92 Å². The number of hydrogen-bond acceptors (Lipinski definition) is 8. The largest absolute Gasteiger partial charge is 0.462 e. The van der Waals surface area contributed by atoms with Crippen LogP contribution in [0.1, 0.15) is 52.1 Å². The summed E-state index contributed by atoms with van der Waals surface area (Å²) in [6.07, 6.45) is 3.56. The first-order chi connectivity index (χ1) is 18.7. The summed E-state index contributed by atoms with van der Waals surface area (Å²) >= 11 is 0. The van der Waals surface area contributed by atoms with E-state index in [2.05, 4.69) is 18.6 Å². The molecule has 1 fully saturated rings. The zero-order valence-corrected chi connectivity index (χ0v) is 21.1. The van der Waals surface area contributed by atoms with Crippen molar-refractivity contribution in [3.63, 3.8) is 0 Å². The van der Waals surface area contributed by atoms with Crippen molar-refractivity contribution in [1.29, 1.82) is 0 Å². The maximum Gasteiger partial charge on any atom is 0.347 e. The molecule has 1 atom stereocenters. The molecule has 1 aliphatic carbocycles. The average Bonchev–Trinajstić information content (AvgIpc) is 3.37. The predicted molar refractivity (Wildman–Crippen MR) is 137 cm³/mol. The number of carbonyl (C=O) groups is 4. The second-order valence-electron chi connectivity index (χ2n) is 9.98. The Labute approximate surface area is 223 Å². The smallest absolute Gasteiger partial charge is 0.347 e. The first-order valence-electron chi connectivity index (χ1n) is 12.3. The molecule has 0 amide bonds. The predicted octanol–water partition coefficient (Wildman–Crippen LogP) is 5.41. The monoisotopic (exact) mass is 522 g/mol. The van der Waals surface area contributed by atoms with Gasteiger partial charge < -0.3 is 18.9 Å². The van der Waals surface area contributed by atoms with Crippen molar-refractivity contribution in [3.8, 4) is 17.2 Å². The fraction of sp³-hybridized carbons (Fsp3) is 0.161. The molecule has 3 aliphatic rings. The van der Waals surface area contributed by atoms with Crippen LogP contribution in [0.2, 0.25) is 0 Å². The molecule has 8 heteroatoms. The van der Waals surface area contributed by atoms with Gasteiger partial charge in [0.2, 0.25) is 0 Å². The normalized spacial score (nSPS) is 18.1. The van der Waals surface area contributed by atoms with Crippen molar-refractivity contribution >= 4 is 23.9 Å². The summed E-state index contributed by atoms with van der Waals surface area (Å²) in [6.45, 7) is 4.22. The summed E-state index contributed by atoms with van der Waals surface area (Å²) in [6, 6.07) is 20.0. The van der Waals surface area contributed by atoms with Crippen molar-refractivity contribution < 1.29 is 38.1 Å². The van der Waals surface area contributed by atoms with Crippen molar-refractivity contribution in [2.75, 3.05) is 0 Å². The molecule has 39 heavy (non-hydrogen) atoms. The molecular weight excluding hydrogens is 500 g/mol. The Morgan fingerprint density at radius 1 is 0.667 bits per heavy atom. The molecule has 0 N–H and O–H groups in total. The summed E-state index contributed by atoms with van der Waals surface area (Å²) in [7, 11) is 0. The third kappa shape index (κ3) is 4.40. The zero-order chi connectivity index (χ0) is 27.3. The van der Waals surface area contributed by atoms with E-state index in [1.807, 2.05) is 48.5 Å². The van der Waals surface area contributed by atoms with Crippen molar-refractivity contribution in [2.45, 2.75) is 25.7 Å². The molecule has 194 valence electrons. The van der Waals surface area contributed by atoms with Crippen LogP contribution < -0.4 is 9.47 Å². The number of rotatable bonds is 6. The fourth-order valence-electron chi connectivity index (χ4n) is 4.86. The van der Waals surface area contributed by atoms with Crippen LogP contribution in [0.3, 0.4) is 0 Å². The van der Waals surface area contributed by atoms with Gasteiger partial charge in [0.1, 0.15) is 23.0 Å². The summed E-state index contributed by atoms with van der Waals surface area (Å²) in [5.41, 5.74) is 2.59. The first-order valence-corrected chi connectivity index (χ1v) is 12.3. The fourth-order valence-corrected chi connectivity index (χ4v) is 4.86. The van der Waals surface area contributed by atoms with E-state index in [0.717, 1.165) is 11.1 Å². The number of allylic oxidation sites excluding steroid dienone is 3. The second-order valence-corrected chi connectivity index (χ2v) is 9.98. The van der Waals surface area contributed by atoms with Crippen LogP contribution >= 0.6 is 0 Å². The quantitative estimate of drug-likeness (QED) is 0.313. The summed E-state index contributed by atoms with van der Waals surface area (Å²) in [4.78, 5) is 47.0. The Balaban J connectivity index is 1.13. The van der Waals surface area contributed by atoms with Gasteiger partial charge >= 0.3 is 23.9 Å². The number of fused-ring (bicyclic) bond motifs is 2. The molecular formula is C31H22O8. The lowest BCUT2D eigenvalue weighted by atomic mass is 9.78. The van der Waals surface area contributed by atoms with Crippen LogP contribution in [0.25, 0.3) is 0 Å². The Hall–Kier alpha value is -4.98. The molecule has 3 aromatic carbocycles. The van der Waals surface area contributed by atoms with Gasteiger partial charge in [-0.25, -0.2) is 14.4 Å². The molecule has 1 unspecified atom stereocenters. The van der Waals surface area contributed by atoms with E-state index in [0.29, 0.717) is 28.6 Å². The Morgan fingerprint density at radius 3 is 1.92 bits per heavy atom. The van der Waals surface area contributed by atoms with E-state index in [9.17, 15) is 19.2 Å². The maximum absolute atomic E-state index is 11.9. The third-order valence-corrected chi connectivity index (χ3v) is 7.20. The molecule has 1 saturated heterocycles. The lowest BCUT2D eigenvalue weighted by Gasteiger charge is -2.26. The van der Waals surface area contributed by atoms with Gasteiger partial charge in [-0.15, -0.1) is 0 Å². The first kappa shape index (κ1) is 24.4. The van der Waals surface area contributed by atoms with Crippen molar-refractivity contribution in [3.05, 3.63) is 112 Å². The molecule has 2 heterocycles. The minimum absolute atomic E-state index is 0.194. The summed E-state index contributed by atoms with van der Waals surface area (Å²) in [5, 5.41) is 0. The lowest BCUT2D eigenvalue weighted by molar-refractivity contribution is -0.152. The summed E-state index contributed by atoms with van der Waals surface area (Å²) < 4.78 is 21.2. The van der Waals surface area contributed by atoms with Gasteiger partial charge in [0.15, 0.2) is 0 Å². The average molecular weight is 523 g/mol. The van der Waals surface area contributed by atoms with Crippen LogP contribution in [0.5, 0.6) is 17.2 Å². The third-order valence-electron chi connectivity index (χ3n) is 7.20. The zero-order valence-electron chi connectivity index (χ0n) is 21.1. The van der Waals surface area contributed by atoms with Gasteiger partial charge in [0.25, 0.3) is 0 Å². The molecule has 8 nitrogen and oxygen atoms in total. The van der Waals surface area contributed by atoms with Crippen LogP contribution in [-0.2, 0) is 24.5 Å². The minimum Gasteiger partial charge on any atom is -0.462 e. The van der Waals surface area contributed by atoms with Gasteiger partial charge in [0.05, 0.1) is 22.6 Å². The van der Waals surface area contributed by atoms with Crippen molar-refractivity contribution in [1.82, 2.24) is 0 Å². The highest BCUT2D eigenvalue weighted by atomic mass is 16.6. The standard InChI is InChI=1S/C31H22O8/c1-31(2,17-3-7-19(8-4-17)36-21-11-13-23-25(15-21)29(34)38-27(23)32)18-5-9-20(10-6-18)37-22-12-14-24-26(16-22)30(35)39-28(24)33/h3-15,26H,16H2,1-2H3. The molecule has 0 aromatic heterocycles. The maximum atomic E-state index is 11.9. The number of cyclic esters (lactones) is 4. The van der Waals surface area contributed by atoms with E-state index in [-0.39, 0.29) is 23.0 Å². The van der Waals surface area contributed by atoms with Gasteiger partial charge in [-0.3, -0.25) is 4.79 Å². The van der Waals surface area contributed by atoms with E-state index >= 15 is 0 Å². The number of hydrogen-bond donors (Lipinski definition) is 0. The molecule has 0 spiro atoms. The van der Waals surface area contributed by atoms with Crippen LogP contribution in [0.15, 0.2) is 90.2 Å². The molecule has 0 saturated carbocycles. The van der Waals surface area contributed by atoms with Gasteiger partial charge in [0, 0.05) is 11.8 Å². The van der Waals surface area contributed by atoms with E-state index in [1.54, 1.807) is 18.2 Å². The number of esters is 4. The molecule has 3 aromatic rings. The molecule has 0 bridgehead atoms. The number of ether oxygens (including phenoxy) is 4. The van der Waals surface area contributed by atoms with Crippen molar-refractivity contribution in [2.24, 2.45) is 5.92 Å². The topological polar surface area (TPSA) is 105 Å². The highest BCUT2D eigenvalue weighted by Crippen LogP contribution is 2.36. The minimum atomic E-state index is -0.676. The van der Waals surface area contributed by atoms with Gasteiger partial charge in [-0.1, -0.05) is 38.1 Å². The molecule has 0 radical (unpaired) electrons. The number of benzene rings is 3. The van der Waals surface area contributed by atoms with Gasteiger partial charge in [-0.2, -0.15) is 0 Å². The van der Waals surface area contributed by atoms with Gasteiger partial charge in [-0.05, 0) is 65.7 Å². The highest BCUT2D eigenvalue weighted by Gasteiger charge is 2.41. The molecule has 6 rings (SSSR count). The van der Waals surface area contributed by atoms with Crippen LogP contribution in [0.4, 0.5) is 0 Å². The molecule has 2 aliphatic heterocycles. The number of carbonyl (C=O) groups excluding carboxylic acids is 4. The highest BCUT2D eigenvalue weighted by molar-refractivity contribution is 6.14.